The van der Waals surface area contributed by atoms with Gasteiger partial charge in [-0.15, -0.1) is 11.3 Å². The zero-order valence-electron chi connectivity index (χ0n) is 19.8. The number of carbonyl (C=O) groups is 2. The summed E-state index contributed by atoms with van der Waals surface area (Å²) >= 11 is 1.61. The summed E-state index contributed by atoms with van der Waals surface area (Å²) in [4.78, 5) is 29.8. The van der Waals surface area contributed by atoms with Gasteiger partial charge in [-0.05, 0) is 62.2 Å². The molecule has 35 heavy (non-hydrogen) atoms. The first-order valence-corrected chi connectivity index (χ1v) is 13.1. The van der Waals surface area contributed by atoms with Crippen LogP contribution in [0.5, 0.6) is 5.75 Å². The van der Waals surface area contributed by atoms with Gasteiger partial charge in [-0.3, -0.25) is 4.79 Å². The van der Waals surface area contributed by atoms with Crippen molar-refractivity contribution in [1.29, 1.82) is 0 Å². The summed E-state index contributed by atoms with van der Waals surface area (Å²) in [6.45, 7) is 2.19. The lowest BCUT2D eigenvalue weighted by Crippen LogP contribution is -2.25. The van der Waals surface area contributed by atoms with Gasteiger partial charge in [0.15, 0.2) is 11.4 Å². The SMILES string of the molecule is CCOC(=O)c1ccc(N=c2scc(-c3ccc4c(c3)NC(=O)CO4)n2C2CCCCCC2)cc1. The zero-order chi connectivity index (χ0) is 24.2. The van der Waals surface area contributed by atoms with E-state index >= 15 is 0 Å². The summed E-state index contributed by atoms with van der Waals surface area (Å²) in [5.74, 6) is 0.226. The van der Waals surface area contributed by atoms with Crippen molar-refractivity contribution in [3.05, 3.63) is 58.2 Å². The summed E-state index contributed by atoms with van der Waals surface area (Å²) in [7, 11) is 0. The summed E-state index contributed by atoms with van der Waals surface area (Å²) in [5.41, 5.74) is 4.12. The Morgan fingerprint density at radius 1 is 1.14 bits per heavy atom. The Hall–Kier alpha value is -3.39. The van der Waals surface area contributed by atoms with Crippen LogP contribution in [0.15, 0.2) is 52.8 Å². The van der Waals surface area contributed by atoms with Crippen molar-refractivity contribution in [3.8, 4) is 17.0 Å². The van der Waals surface area contributed by atoms with E-state index in [0.29, 0.717) is 29.6 Å². The fourth-order valence-corrected chi connectivity index (χ4v) is 5.71. The quantitative estimate of drug-likeness (QED) is 0.358. The van der Waals surface area contributed by atoms with Crippen LogP contribution in [0.3, 0.4) is 0 Å². The molecule has 5 rings (SSSR count). The molecule has 2 aromatic carbocycles. The molecule has 1 amide bonds. The van der Waals surface area contributed by atoms with Crippen LogP contribution in [-0.4, -0.2) is 29.7 Å². The number of rotatable bonds is 5. The Morgan fingerprint density at radius 2 is 1.91 bits per heavy atom. The van der Waals surface area contributed by atoms with Gasteiger partial charge >= 0.3 is 5.97 Å². The third kappa shape index (κ3) is 5.17. The first kappa shape index (κ1) is 23.4. The van der Waals surface area contributed by atoms with E-state index in [-0.39, 0.29) is 18.5 Å². The third-order valence-corrected chi connectivity index (χ3v) is 7.28. The van der Waals surface area contributed by atoms with Gasteiger partial charge in [0.25, 0.3) is 5.91 Å². The van der Waals surface area contributed by atoms with E-state index in [1.807, 2.05) is 30.3 Å². The largest absolute Gasteiger partial charge is 0.482 e. The number of nitrogens with zero attached hydrogens (tertiary/aromatic N) is 2. The van der Waals surface area contributed by atoms with Gasteiger partial charge < -0.3 is 19.4 Å². The predicted molar refractivity (Wildman–Crippen MR) is 136 cm³/mol. The first-order chi connectivity index (χ1) is 17.1. The number of amides is 1. The van der Waals surface area contributed by atoms with Crippen molar-refractivity contribution in [3.63, 3.8) is 0 Å². The standard InChI is InChI=1S/C27H29N3O4S/c1-2-33-26(32)18-9-12-20(13-10-18)28-27-30(21-7-5-3-4-6-8-21)23(17-35-27)19-11-14-24-22(15-19)29-25(31)16-34-24/h9-15,17,21H,2-8,16H2,1H3,(H,29,31). The van der Waals surface area contributed by atoms with E-state index in [2.05, 4.69) is 15.3 Å². The number of carbonyl (C=O) groups excluding carboxylic acids is 2. The smallest absolute Gasteiger partial charge is 0.338 e. The van der Waals surface area contributed by atoms with Crippen LogP contribution in [0, 0.1) is 0 Å². The maximum Gasteiger partial charge on any atom is 0.338 e. The van der Waals surface area contributed by atoms with Crippen molar-refractivity contribution < 1.29 is 19.1 Å². The molecule has 2 aliphatic rings. The average molecular weight is 492 g/mol. The van der Waals surface area contributed by atoms with Crippen molar-refractivity contribution in [1.82, 2.24) is 4.57 Å². The number of nitrogens with one attached hydrogen (secondary N) is 1. The monoisotopic (exact) mass is 491 g/mol. The number of thiazole rings is 1. The highest BCUT2D eigenvalue weighted by Crippen LogP contribution is 2.36. The Balaban J connectivity index is 1.55. The van der Waals surface area contributed by atoms with Crippen LogP contribution in [0.25, 0.3) is 11.3 Å². The highest BCUT2D eigenvalue weighted by molar-refractivity contribution is 7.07. The highest BCUT2D eigenvalue weighted by atomic mass is 32.1. The molecule has 1 aliphatic heterocycles. The number of esters is 1. The number of aromatic nitrogens is 1. The lowest BCUT2D eigenvalue weighted by atomic mass is 10.1. The lowest BCUT2D eigenvalue weighted by Gasteiger charge is -2.22. The van der Waals surface area contributed by atoms with E-state index < -0.39 is 0 Å². The normalized spacial score (nSPS) is 16.7. The molecule has 8 heteroatoms. The van der Waals surface area contributed by atoms with Gasteiger partial charge in [-0.25, -0.2) is 9.79 Å². The van der Waals surface area contributed by atoms with Crippen molar-refractivity contribution in [2.45, 2.75) is 51.5 Å². The Bertz CT molecular complexity index is 1280. The van der Waals surface area contributed by atoms with Crippen LogP contribution in [0.2, 0.25) is 0 Å². The van der Waals surface area contributed by atoms with Crippen LogP contribution in [-0.2, 0) is 9.53 Å². The summed E-state index contributed by atoms with van der Waals surface area (Å²) in [6, 6.07) is 13.5. The molecule has 1 N–H and O–H groups in total. The minimum atomic E-state index is -0.325. The summed E-state index contributed by atoms with van der Waals surface area (Å²) in [5, 5.41) is 5.06. The van der Waals surface area contributed by atoms with Crippen molar-refractivity contribution >= 4 is 34.6 Å². The number of fused-ring (bicyclic) bond motifs is 1. The fraction of sp³-hybridized carbons (Fsp3) is 0.370. The van der Waals surface area contributed by atoms with E-state index in [1.54, 1.807) is 30.4 Å². The van der Waals surface area contributed by atoms with Crippen LogP contribution in [0.4, 0.5) is 11.4 Å². The highest BCUT2D eigenvalue weighted by Gasteiger charge is 2.22. The molecule has 0 saturated heterocycles. The van der Waals surface area contributed by atoms with Crippen LogP contribution in [0.1, 0.15) is 61.8 Å². The number of ether oxygens (including phenoxy) is 2. The molecule has 0 radical (unpaired) electrons. The predicted octanol–water partition coefficient (Wildman–Crippen LogP) is 5.85. The molecular formula is C27H29N3O4S. The average Bonchev–Trinajstić information content (AvgIpc) is 3.09. The summed E-state index contributed by atoms with van der Waals surface area (Å²) < 4.78 is 13.0. The molecule has 1 aromatic heterocycles. The fourth-order valence-electron chi connectivity index (χ4n) is 4.72. The van der Waals surface area contributed by atoms with Crippen LogP contribution < -0.4 is 14.9 Å². The maximum absolute atomic E-state index is 12.0. The molecule has 2 heterocycles. The van der Waals surface area contributed by atoms with E-state index in [4.69, 9.17) is 14.5 Å². The topological polar surface area (TPSA) is 81.9 Å². The van der Waals surface area contributed by atoms with Gasteiger partial charge in [0.05, 0.1) is 29.2 Å². The third-order valence-electron chi connectivity index (χ3n) is 6.44. The second-order valence-corrected chi connectivity index (χ2v) is 9.68. The molecule has 1 aliphatic carbocycles. The molecule has 1 fully saturated rings. The minimum Gasteiger partial charge on any atom is -0.482 e. The Morgan fingerprint density at radius 3 is 2.66 bits per heavy atom. The summed E-state index contributed by atoms with van der Waals surface area (Å²) in [6.07, 6.45) is 7.16. The lowest BCUT2D eigenvalue weighted by molar-refractivity contribution is -0.118. The van der Waals surface area contributed by atoms with Gasteiger partial charge in [0, 0.05) is 17.0 Å². The second kappa shape index (κ2) is 10.5. The van der Waals surface area contributed by atoms with Crippen LogP contribution >= 0.6 is 11.3 Å². The van der Waals surface area contributed by atoms with E-state index in [9.17, 15) is 9.59 Å². The number of hydrogen-bond donors (Lipinski definition) is 1. The Labute approximate surface area is 208 Å². The molecule has 1 saturated carbocycles. The molecule has 182 valence electrons. The molecule has 0 bridgehead atoms. The Kier molecular flexibility index (Phi) is 6.99. The molecular weight excluding hydrogens is 462 g/mol. The maximum atomic E-state index is 12.0. The van der Waals surface area contributed by atoms with Gasteiger partial charge in [-0.2, -0.15) is 0 Å². The van der Waals surface area contributed by atoms with Crippen molar-refractivity contribution in [2.24, 2.45) is 4.99 Å². The molecule has 3 aromatic rings. The molecule has 0 atom stereocenters. The molecule has 0 unspecified atom stereocenters. The van der Waals surface area contributed by atoms with Gasteiger partial charge in [-0.1, -0.05) is 25.7 Å². The molecule has 7 nitrogen and oxygen atoms in total. The first-order valence-electron chi connectivity index (χ1n) is 12.2. The van der Waals surface area contributed by atoms with E-state index in [0.717, 1.165) is 34.6 Å². The van der Waals surface area contributed by atoms with Gasteiger partial charge in [0.1, 0.15) is 5.75 Å². The number of benzene rings is 2. The number of anilines is 1. The molecule has 0 spiro atoms. The van der Waals surface area contributed by atoms with E-state index in [1.165, 1.54) is 25.7 Å². The minimum absolute atomic E-state index is 0.0465. The zero-order valence-corrected chi connectivity index (χ0v) is 20.6. The van der Waals surface area contributed by atoms with Crippen molar-refractivity contribution in [2.75, 3.05) is 18.5 Å². The second-order valence-electron chi connectivity index (χ2n) is 8.85. The number of hydrogen-bond acceptors (Lipinski definition) is 6. The van der Waals surface area contributed by atoms with Gasteiger partial charge in [0.2, 0.25) is 0 Å².